The van der Waals surface area contributed by atoms with Crippen molar-refractivity contribution in [2.24, 2.45) is 40.9 Å². The summed E-state index contributed by atoms with van der Waals surface area (Å²) in [6.07, 6.45) is 13.3. The summed E-state index contributed by atoms with van der Waals surface area (Å²) < 4.78 is 0. The summed E-state index contributed by atoms with van der Waals surface area (Å²) in [5.41, 5.74) is 0.111. The molecule has 14 heteroatoms. The zero-order chi connectivity index (χ0) is 42.9. The predicted octanol–water partition coefficient (Wildman–Crippen LogP) is 3.77. The van der Waals surface area contributed by atoms with Gasteiger partial charge in [0.25, 0.3) is 5.91 Å². The van der Waals surface area contributed by atoms with Crippen molar-refractivity contribution in [1.29, 1.82) is 0 Å². The van der Waals surface area contributed by atoms with Crippen LogP contribution in [0.15, 0.2) is 43.0 Å². The molecule has 6 saturated carbocycles. The second-order valence-corrected chi connectivity index (χ2v) is 19.7. The van der Waals surface area contributed by atoms with Gasteiger partial charge >= 0.3 is 6.03 Å². The maximum absolute atomic E-state index is 14.8. The van der Waals surface area contributed by atoms with Gasteiger partial charge in [-0.25, -0.2) is 4.79 Å². The lowest BCUT2D eigenvalue weighted by Gasteiger charge is -2.56. The third kappa shape index (κ3) is 9.12. The van der Waals surface area contributed by atoms with E-state index in [-0.39, 0.29) is 53.0 Å². The summed E-state index contributed by atoms with van der Waals surface area (Å²) >= 11 is 0. The number of piperidine rings is 1. The second-order valence-electron chi connectivity index (χ2n) is 19.7. The molecule has 1 aromatic rings. The number of Topliss-reactive ketones (excluding diaryl/α,β-unsaturated/α-hetero) is 1. The van der Waals surface area contributed by atoms with E-state index in [0.29, 0.717) is 36.3 Å². The number of amides is 7. The Kier molecular flexibility index (Phi) is 12.8. The van der Waals surface area contributed by atoms with Crippen molar-refractivity contribution in [3.05, 3.63) is 48.6 Å². The number of nitrogens with one attached hydrogen (secondary N) is 5. The van der Waals surface area contributed by atoms with Crippen molar-refractivity contribution < 1.29 is 33.6 Å². The number of carbonyl (C=O) groups excluding carboxylic acids is 7. The van der Waals surface area contributed by atoms with Gasteiger partial charge in [-0.1, -0.05) is 69.5 Å². The molecule has 1 aromatic carbocycles. The summed E-state index contributed by atoms with van der Waals surface area (Å²) in [7, 11) is 3.14. The summed E-state index contributed by atoms with van der Waals surface area (Å²) in [6, 6.07) is 4.45. The fourth-order valence-electron chi connectivity index (χ4n) is 12.1. The van der Waals surface area contributed by atoms with Gasteiger partial charge in [0, 0.05) is 26.2 Å². The van der Waals surface area contributed by atoms with Crippen molar-refractivity contribution in [3.63, 3.8) is 0 Å². The molecule has 6 atom stereocenters. The molecule has 1 saturated heterocycles. The first-order valence-electron chi connectivity index (χ1n) is 22.3. The van der Waals surface area contributed by atoms with E-state index in [9.17, 15) is 33.6 Å². The molecule has 0 spiro atoms. The van der Waals surface area contributed by atoms with Gasteiger partial charge in [-0.3, -0.25) is 28.8 Å². The molecule has 60 heavy (non-hydrogen) atoms. The average Bonchev–Trinajstić information content (AvgIpc) is 3.50. The van der Waals surface area contributed by atoms with E-state index >= 15 is 0 Å². The number of nitrogens with zero attached hydrogens (tertiary/aromatic N) is 2. The minimum Gasteiger partial charge on any atom is -0.347 e. The molecule has 0 aromatic heterocycles. The van der Waals surface area contributed by atoms with Crippen molar-refractivity contribution in [3.8, 4) is 0 Å². The van der Waals surface area contributed by atoms with Crippen LogP contribution >= 0.6 is 0 Å². The Hall–Kier alpha value is -4.75. The van der Waals surface area contributed by atoms with Crippen LogP contribution in [-0.2, 0) is 28.8 Å². The maximum atomic E-state index is 14.8. The molecule has 1 heterocycles. The van der Waals surface area contributed by atoms with E-state index in [1.165, 1.54) is 24.2 Å². The summed E-state index contributed by atoms with van der Waals surface area (Å²) in [5, 5.41) is 14.4. The Bertz CT molecular complexity index is 1810. The number of benzene rings is 1. The van der Waals surface area contributed by atoms with Crippen molar-refractivity contribution >= 4 is 41.4 Å². The highest BCUT2D eigenvalue weighted by Crippen LogP contribution is 2.65. The highest BCUT2D eigenvalue weighted by Gasteiger charge is 2.70. The molecule has 4 bridgehead atoms. The second kappa shape index (κ2) is 17.7. The molecule has 0 unspecified atom stereocenters. The van der Waals surface area contributed by atoms with Gasteiger partial charge in [-0.2, -0.15) is 0 Å². The van der Waals surface area contributed by atoms with Gasteiger partial charge in [0.1, 0.15) is 18.1 Å². The molecule has 8 rings (SSSR count). The molecular formula is C46H65N7O7. The smallest absolute Gasteiger partial charge is 0.315 e. The van der Waals surface area contributed by atoms with Crippen LogP contribution in [0.4, 0.5) is 4.79 Å². The van der Waals surface area contributed by atoms with E-state index in [1.54, 1.807) is 55.4 Å². The van der Waals surface area contributed by atoms with Gasteiger partial charge in [-0.05, 0) is 111 Å². The van der Waals surface area contributed by atoms with Crippen LogP contribution in [0.2, 0.25) is 0 Å². The first kappa shape index (κ1) is 43.3. The number of allylic oxidation sites excluding steroid dienone is 1. The highest BCUT2D eigenvalue weighted by atomic mass is 16.2. The third-order valence-corrected chi connectivity index (χ3v) is 14.9. The lowest BCUT2D eigenvalue weighted by Crippen LogP contribution is -2.64. The van der Waals surface area contributed by atoms with Crippen LogP contribution in [0.5, 0.6) is 0 Å². The fourth-order valence-corrected chi connectivity index (χ4v) is 12.1. The molecule has 6 aliphatic carbocycles. The molecule has 1 aliphatic heterocycles. The van der Waals surface area contributed by atoms with Crippen molar-refractivity contribution in [1.82, 2.24) is 36.4 Å². The lowest BCUT2D eigenvalue weighted by molar-refractivity contribution is -0.145. The Morgan fingerprint density at radius 3 is 2.12 bits per heavy atom. The van der Waals surface area contributed by atoms with Gasteiger partial charge in [0.05, 0.1) is 12.6 Å². The molecule has 7 aliphatic rings. The van der Waals surface area contributed by atoms with E-state index < -0.39 is 54.2 Å². The molecular weight excluding hydrogens is 763 g/mol. The summed E-state index contributed by atoms with van der Waals surface area (Å²) in [4.78, 5) is 99.1. The zero-order valence-electron chi connectivity index (χ0n) is 35.8. The number of likely N-dealkylation sites (N-methyl/N-ethyl adjacent to an activating group) is 1. The maximum Gasteiger partial charge on any atom is 0.315 e. The lowest BCUT2D eigenvalue weighted by atomic mass is 9.53. The largest absolute Gasteiger partial charge is 0.347 e. The molecule has 5 N–H and O–H groups in total. The normalized spacial score (nSPS) is 29.8. The minimum atomic E-state index is -1.25. The molecule has 7 fully saturated rings. The van der Waals surface area contributed by atoms with Gasteiger partial charge in [-0.15, -0.1) is 6.58 Å². The van der Waals surface area contributed by atoms with Crippen LogP contribution < -0.4 is 26.6 Å². The number of carbonyl (C=O) groups is 7. The number of hydrogen-bond donors (Lipinski definition) is 5. The SMILES string of the molecule is C=CCC[C@H](NC(=O)[C@@H]1[C@@H]2[C@H](CN1C(=O)[C@@H](NC(=O)NC13CC4CC(CC(C4)C1)C3)C1CCCCC1)C2(C)C)C(=O)C(=O)NCC(=O)N[C@H](C(=O)N(C)C)c1ccccc1. The van der Waals surface area contributed by atoms with Crippen LogP contribution in [0.3, 0.4) is 0 Å². The van der Waals surface area contributed by atoms with E-state index in [4.69, 9.17) is 0 Å². The highest BCUT2D eigenvalue weighted by molar-refractivity contribution is 6.38. The number of urea groups is 1. The molecule has 0 radical (unpaired) electrons. The van der Waals surface area contributed by atoms with E-state index in [0.717, 1.165) is 51.4 Å². The van der Waals surface area contributed by atoms with E-state index in [2.05, 4.69) is 47.0 Å². The Morgan fingerprint density at radius 2 is 1.52 bits per heavy atom. The van der Waals surface area contributed by atoms with Crippen molar-refractivity contribution in [2.45, 2.75) is 127 Å². The van der Waals surface area contributed by atoms with E-state index in [1.807, 2.05) is 0 Å². The zero-order valence-corrected chi connectivity index (χ0v) is 35.8. The molecule has 326 valence electrons. The monoisotopic (exact) mass is 827 g/mol. The van der Waals surface area contributed by atoms with Crippen LogP contribution in [0.25, 0.3) is 0 Å². The number of fused-ring (bicyclic) bond motifs is 1. The van der Waals surface area contributed by atoms with Gasteiger partial charge in [0.2, 0.25) is 29.4 Å². The number of rotatable bonds is 16. The number of ketones is 1. The van der Waals surface area contributed by atoms with Crippen LogP contribution in [0, 0.1) is 40.9 Å². The first-order chi connectivity index (χ1) is 28.6. The topological polar surface area (TPSA) is 186 Å². The Morgan fingerprint density at radius 1 is 0.883 bits per heavy atom. The van der Waals surface area contributed by atoms with Crippen molar-refractivity contribution in [2.75, 3.05) is 27.2 Å². The standard InChI is InChI=1S/C46H65N7O7/c1-6-7-18-33(39(55)41(57)47-25-34(54)49-36(42(58)52(4)5)30-14-10-8-11-15-30)48-40(56)38-35-32(45(35,2)3)26-53(38)43(59)37(31-16-12-9-13-17-31)50-44(60)51-46-22-27-19-28(23-46)21-29(20-27)24-46/h6,8,10-11,14-15,27-29,31-33,35-38H,1,7,9,12-13,16-26H2,2-5H3,(H,47,57)(H,48,56)(H,49,54)(H2,50,51,60)/t27?,28?,29?,32-,33-,35-,36-,37-,38-,46?/m0/s1. The average molecular weight is 828 g/mol. The van der Waals surface area contributed by atoms with Gasteiger partial charge < -0.3 is 36.4 Å². The number of likely N-dealkylation sites (tertiary alicyclic amines) is 1. The summed E-state index contributed by atoms with van der Waals surface area (Å²) in [6.45, 7) is 7.68. The van der Waals surface area contributed by atoms with Gasteiger partial charge in [0.15, 0.2) is 0 Å². The minimum absolute atomic E-state index is 0.0613. The first-order valence-corrected chi connectivity index (χ1v) is 22.3. The van der Waals surface area contributed by atoms with Crippen LogP contribution in [-0.4, -0.2) is 102 Å². The quantitative estimate of drug-likeness (QED) is 0.124. The summed E-state index contributed by atoms with van der Waals surface area (Å²) in [5.74, 6) is -2.06. The number of hydrogen-bond acceptors (Lipinski definition) is 7. The molecule has 14 nitrogen and oxygen atoms in total. The predicted molar refractivity (Wildman–Crippen MR) is 225 cm³/mol. The van der Waals surface area contributed by atoms with Crippen LogP contribution in [0.1, 0.15) is 109 Å². The Balaban J connectivity index is 1.02. The third-order valence-electron chi connectivity index (χ3n) is 14.9. The Labute approximate surface area is 354 Å². The molecule has 7 amide bonds. The fraction of sp³-hybridized carbons (Fsp3) is 0.674.